The van der Waals surface area contributed by atoms with Gasteiger partial charge in [0.2, 0.25) is 0 Å². The zero-order valence-corrected chi connectivity index (χ0v) is 15.2. The minimum atomic E-state index is 0. The average molecular weight is 500 g/mol. The largest absolute Gasteiger partial charge is 2.00 e. The number of hydrogen-bond acceptors (Lipinski definition) is 0. The molecule has 2 rings (SSSR count). The van der Waals surface area contributed by atoms with Crippen LogP contribution in [0.1, 0.15) is 0 Å². The van der Waals surface area contributed by atoms with Crippen LogP contribution in [0.3, 0.4) is 0 Å². The maximum absolute atomic E-state index is 7.50. The molecule has 0 aromatic rings. The molecule has 0 heterocycles. The van der Waals surface area contributed by atoms with Crippen molar-refractivity contribution in [1.29, 1.82) is 0 Å². The van der Waals surface area contributed by atoms with Gasteiger partial charge in [-0.1, -0.05) is 0 Å². The fourth-order valence-corrected chi connectivity index (χ4v) is 0.642. The molecule has 0 N–H and O–H groups in total. The van der Waals surface area contributed by atoms with Crippen molar-refractivity contribution in [2.45, 2.75) is 0 Å². The van der Waals surface area contributed by atoms with Crippen molar-refractivity contribution < 1.29 is 51.2 Å². The predicted molar refractivity (Wildman–Crippen MR) is 63.7 cm³/mol. The van der Waals surface area contributed by atoms with Crippen LogP contribution in [0, 0.1) is 92.4 Å². The van der Waals surface area contributed by atoms with Gasteiger partial charge in [0, 0.05) is 22.4 Å². The Morgan fingerprint density at radius 1 is 0.444 bits per heavy atom. The molecule has 0 unspecified atom stereocenters. The average Bonchev–Trinajstić information content (AvgIpc) is 3.01. The van der Waals surface area contributed by atoms with E-state index >= 15 is 0 Å². The molecule has 2 aliphatic carbocycles. The monoisotopic (exact) mass is 500 g/mol. The van der Waals surface area contributed by atoms with Gasteiger partial charge < -0.3 is 14.9 Å². The van der Waals surface area contributed by atoms with Crippen LogP contribution in [0.15, 0.2) is 0 Å². The van der Waals surface area contributed by atoms with E-state index in [0.717, 1.165) is 0 Å². The van der Waals surface area contributed by atoms with Crippen LogP contribution in [-0.4, -0.2) is 0 Å². The van der Waals surface area contributed by atoms with E-state index in [4.69, 9.17) is 9.30 Å². The molecule has 0 atom stereocenters. The molecule has 0 aliphatic heterocycles. The minimum absolute atomic E-state index is 0. The standard InChI is InChI=1S/2C5H5.2CO.2CH3.Rh.Ta/c2*1-2-4-5-3-1;2*1-2;;;;/h2*1-5H;;;2*1H3;;/q;;;;2*-1;+2;. The molecule has 18 heavy (non-hydrogen) atoms. The second-order valence-corrected chi connectivity index (χ2v) is 1.92. The Balaban J connectivity index is -0.0000000268. The normalized spacial score (nSPS) is 13.6. The van der Waals surface area contributed by atoms with Gasteiger partial charge in [0.1, 0.15) is 0 Å². The van der Waals surface area contributed by atoms with E-state index in [1.807, 2.05) is 64.2 Å². The van der Waals surface area contributed by atoms with Gasteiger partial charge in [-0.2, -0.15) is 0 Å². The Labute approximate surface area is 143 Å². The van der Waals surface area contributed by atoms with Crippen molar-refractivity contribution in [3.05, 3.63) is 92.4 Å². The summed E-state index contributed by atoms with van der Waals surface area (Å²) in [6.45, 7) is 9.00. The van der Waals surface area contributed by atoms with E-state index in [9.17, 15) is 0 Å². The molecular formula is C14H16O2RhTa. The van der Waals surface area contributed by atoms with Gasteiger partial charge in [-0.15, -0.1) is 0 Å². The molecule has 0 bridgehead atoms. The van der Waals surface area contributed by atoms with E-state index in [0.29, 0.717) is 0 Å². The second-order valence-electron chi connectivity index (χ2n) is 1.92. The van der Waals surface area contributed by atoms with Crippen LogP contribution in [0.5, 0.6) is 0 Å². The summed E-state index contributed by atoms with van der Waals surface area (Å²) < 4.78 is 15.0. The molecule has 0 saturated heterocycles. The Kier molecular flexibility index (Phi) is 87.0. The summed E-state index contributed by atoms with van der Waals surface area (Å²) in [6.07, 6.45) is 20.0. The fraction of sp³-hybridized carbons (Fsp3) is 0. The molecule has 2 saturated carbocycles. The van der Waals surface area contributed by atoms with E-state index in [1.54, 1.807) is 0 Å². The zero-order chi connectivity index (χ0) is 11.1. The van der Waals surface area contributed by atoms with Crippen molar-refractivity contribution in [3.63, 3.8) is 0 Å². The Morgan fingerprint density at radius 2 is 0.500 bits per heavy atom. The van der Waals surface area contributed by atoms with Crippen LogP contribution in [0.2, 0.25) is 0 Å². The first-order valence-corrected chi connectivity index (χ1v) is 3.74. The first-order chi connectivity index (χ1) is 7.00. The second kappa shape index (κ2) is 43.1. The van der Waals surface area contributed by atoms with Crippen LogP contribution in [0.25, 0.3) is 0 Å². The minimum Gasteiger partial charge on any atom is -0.358 e. The maximum Gasteiger partial charge on any atom is 2.00 e. The molecule has 0 amide bonds. The van der Waals surface area contributed by atoms with Gasteiger partial charge in [-0.25, -0.2) is 0 Å². The van der Waals surface area contributed by atoms with E-state index in [2.05, 4.69) is 13.3 Å². The summed E-state index contributed by atoms with van der Waals surface area (Å²) >= 11 is 0. The molecule has 12 radical (unpaired) electrons. The molecule has 2 aliphatic rings. The molecule has 2 fully saturated rings. The first kappa shape index (κ1) is 36.4. The SMILES string of the molecule is [C-]#[O+].[C-]#[O+].[CH3-].[CH3-].[CH]1[CH][CH][CH][CH]1.[CH]1[CH][CH][CH][CH]1.[Rh+2].[Ta]. The van der Waals surface area contributed by atoms with Crippen molar-refractivity contribution >= 4 is 0 Å². The summed E-state index contributed by atoms with van der Waals surface area (Å²) in [5, 5.41) is 0. The summed E-state index contributed by atoms with van der Waals surface area (Å²) in [5.74, 6) is 0. The van der Waals surface area contributed by atoms with Crippen LogP contribution in [-0.2, 0) is 51.2 Å². The number of rotatable bonds is 0. The van der Waals surface area contributed by atoms with Gasteiger partial charge in [0.05, 0.1) is 0 Å². The molecule has 2 nitrogen and oxygen atoms in total. The summed E-state index contributed by atoms with van der Waals surface area (Å²) in [4.78, 5) is 0. The van der Waals surface area contributed by atoms with Crippen molar-refractivity contribution in [2.75, 3.05) is 0 Å². The van der Waals surface area contributed by atoms with Gasteiger partial charge in [-0.05, 0) is 64.2 Å². The summed E-state index contributed by atoms with van der Waals surface area (Å²) in [6, 6.07) is 0. The molecule has 4 heteroatoms. The van der Waals surface area contributed by atoms with Gasteiger partial charge in [0.15, 0.2) is 0 Å². The van der Waals surface area contributed by atoms with Crippen molar-refractivity contribution in [1.82, 2.24) is 0 Å². The van der Waals surface area contributed by atoms with Crippen molar-refractivity contribution in [3.8, 4) is 0 Å². The summed E-state index contributed by atoms with van der Waals surface area (Å²) in [5.41, 5.74) is 0. The Morgan fingerprint density at radius 3 is 0.556 bits per heavy atom. The van der Waals surface area contributed by atoms with Gasteiger partial charge in [-0.3, -0.25) is 0 Å². The summed E-state index contributed by atoms with van der Waals surface area (Å²) in [7, 11) is 0. The quantitative estimate of drug-likeness (QED) is 0.279. The third-order valence-electron chi connectivity index (χ3n) is 1.11. The van der Waals surface area contributed by atoms with E-state index in [1.165, 1.54) is 0 Å². The zero-order valence-electron chi connectivity index (χ0n) is 10.4. The predicted octanol–water partition coefficient (Wildman–Crippen LogP) is 2.86. The maximum atomic E-state index is 7.50. The topological polar surface area (TPSA) is 39.8 Å². The molecule has 0 spiro atoms. The molecule has 98 valence electrons. The van der Waals surface area contributed by atoms with Crippen LogP contribution >= 0.6 is 0 Å². The third-order valence-corrected chi connectivity index (χ3v) is 1.11. The smallest absolute Gasteiger partial charge is 0.358 e. The Hall–Kier alpha value is 0.844. The first-order valence-electron chi connectivity index (χ1n) is 3.74. The molecular weight excluding hydrogens is 484 g/mol. The third kappa shape index (κ3) is 36.0. The van der Waals surface area contributed by atoms with Crippen molar-refractivity contribution in [2.24, 2.45) is 0 Å². The van der Waals surface area contributed by atoms with Gasteiger partial charge >= 0.3 is 42.1 Å². The molecule has 0 aromatic carbocycles. The van der Waals surface area contributed by atoms with E-state index < -0.39 is 0 Å². The van der Waals surface area contributed by atoms with Gasteiger partial charge in [0.25, 0.3) is 0 Å². The van der Waals surface area contributed by atoms with E-state index in [-0.39, 0.29) is 56.7 Å². The molecule has 0 aromatic heterocycles. The fourth-order valence-electron chi connectivity index (χ4n) is 0.642. The Bertz CT molecular complexity index is 99.0. The van der Waals surface area contributed by atoms with Crippen LogP contribution < -0.4 is 0 Å². The van der Waals surface area contributed by atoms with Crippen LogP contribution in [0.4, 0.5) is 0 Å². The number of hydrogen-bond donors (Lipinski definition) is 0.